The van der Waals surface area contributed by atoms with Crippen molar-refractivity contribution in [1.82, 2.24) is 4.90 Å². The van der Waals surface area contributed by atoms with Gasteiger partial charge in [-0.05, 0) is 19.8 Å². The van der Waals surface area contributed by atoms with E-state index in [4.69, 9.17) is 15.6 Å². The normalized spacial score (nSPS) is 26.8. The third-order valence-electron chi connectivity index (χ3n) is 3.03. The van der Waals surface area contributed by atoms with Gasteiger partial charge in [-0.3, -0.25) is 4.79 Å². The molecule has 0 saturated carbocycles. The lowest BCUT2D eigenvalue weighted by Gasteiger charge is -2.32. The number of methoxy groups -OCH3 is 1. The van der Waals surface area contributed by atoms with Crippen LogP contribution >= 0.6 is 0 Å². The first-order chi connectivity index (χ1) is 7.43. The third-order valence-corrected chi connectivity index (χ3v) is 3.03. The van der Waals surface area contributed by atoms with Gasteiger partial charge in [0.25, 0.3) is 0 Å². The van der Waals surface area contributed by atoms with Gasteiger partial charge >= 0.3 is 5.97 Å². The molecular formula is C10H18N2O4. The highest BCUT2D eigenvalue weighted by Gasteiger charge is 2.46. The Kier molecular flexibility index (Phi) is 3.88. The topological polar surface area (TPSA) is 92.9 Å². The summed E-state index contributed by atoms with van der Waals surface area (Å²) in [7, 11) is 1.45. The largest absolute Gasteiger partial charge is 0.480 e. The molecule has 0 aromatic carbocycles. The molecule has 92 valence electrons. The molecule has 0 aromatic heterocycles. The highest BCUT2D eigenvalue weighted by Crippen LogP contribution is 2.29. The lowest BCUT2D eigenvalue weighted by molar-refractivity contribution is -0.156. The van der Waals surface area contributed by atoms with Crippen molar-refractivity contribution >= 4 is 11.9 Å². The number of carboxylic acids is 1. The van der Waals surface area contributed by atoms with Gasteiger partial charge in [0, 0.05) is 13.7 Å². The Morgan fingerprint density at radius 2 is 2.25 bits per heavy atom. The Hall–Kier alpha value is -1.14. The maximum absolute atomic E-state index is 11.9. The number of ether oxygens (including phenoxy) is 1. The minimum absolute atomic E-state index is 0.102. The number of hydrogen-bond donors (Lipinski definition) is 2. The number of carboxylic acid groups (broad SMARTS) is 1. The van der Waals surface area contributed by atoms with Crippen LogP contribution in [0.1, 0.15) is 19.8 Å². The lowest BCUT2D eigenvalue weighted by Crippen LogP contribution is -2.56. The summed E-state index contributed by atoms with van der Waals surface area (Å²) in [5.41, 5.74) is 4.50. The average Bonchev–Trinajstić information content (AvgIpc) is 2.61. The molecule has 0 aliphatic carbocycles. The average molecular weight is 230 g/mol. The van der Waals surface area contributed by atoms with Crippen LogP contribution in [0.4, 0.5) is 0 Å². The standard InChI is InChI=1S/C10H18N2O4/c1-10(9(14)15)4-3-5-12(10)8(13)7(11)6-16-2/h7H,3-6,11H2,1-2H3,(H,14,15). The van der Waals surface area contributed by atoms with Crippen LogP contribution in [-0.4, -0.2) is 53.7 Å². The summed E-state index contributed by atoms with van der Waals surface area (Å²) in [5, 5.41) is 9.14. The zero-order chi connectivity index (χ0) is 12.3. The molecule has 16 heavy (non-hydrogen) atoms. The van der Waals surface area contributed by atoms with Crippen molar-refractivity contribution < 1.29 is 19.4 Å². The molecule has 3 N–H and O–H groups in total. The number of carbonyl (C=O) groups is 2. The van der Waals surface area contributed by atoms with Crippen LogP contribution in [0.15, 0.2) is 0 Å². The van der Waals surface area contributed by atoms with Crippen molar-refractivity contribution in [1.29, 1.82) is 0 Å². The minimum Gasteiger partial charge on any atom is -0.480 e. The molecule has 0 radical (unpaired) electrons. The van der Waals surface area contributed by atoms with Crippen LogP contribution in [0.2, 0.25) is 0 Å². The number of nitrogens with zero attached hydrogens (tertiary/aromatic N) is 1. The second-order valence-electron chi connectivity index (χ2n) is 4.23. The molecule has 2 atom stereocenters. The molecule has 1 heterocycles. The van der Waals surface area contributed by atoms with Crippen molar-refractivity contribution in [3.8, 4) is 0 Å². The van der Waals surface area contributed by atoms with Crippen LogP contribution in [0.5, 0.6) is 0 Å². The Morgan fingerprint density at radius 1 is 1.62 bits per heavy atom. The molecule has 1 fully saturated rings. The van der Waals surface area contributed by atoms with E-state index in [0.717, 1.165) is 0 Å². The lowest BCUT2D eigenvalue weighted by atomic mass is 9.99. The van der Waals surface area contributed by atoms with Crippen molar-refractivity contribution in [2.75, 3.05) is 20.3 Å². The Labute approximate surface area is 94.3 Å². The maximum atomic E-state index is 11.9. The molecular weight excluding hydrogens is 212 g/mol. The summed E-state index contributed by atoms with van der Waals surface area (Å²) in [6, 6.07) is -0.790. The zero-order valence-corrected chi connectivity index (χ0v) is 9.60. The zero-order valence-electron chi connectivity index (χ0n) is 9.60. The Balaban J connectivity index is 2.79. The van der Waals surface area contributed by atoms with Crippen LogP contribution in [0.25, 0.3) is 0 Å². The van der Waals surface area contributed by atoms with Crippen LogP contribution in [0.3, 0.4) is 0 Å². The summed E-state index contributed by atoms with van der Waals surface area (Å²) in [4.78, 5) is 24.4. The first-order valence-electron chi connectivity index (χ1n) is 5.23. The van der Waals surface area contributed by atoms with E-state index in [1.165, 1.54) is 12.0 Å². The Bertz CT molecular complexity index is 295. The molecule has 1 aliphatic rings. The predicted molar refractivity (Wildman–Crippen MR) is 56.8 cm³/mol. The minimum atomic E-state index is -1.12. The first kappa shape index (κ1) is 12.9. The van der Waals surface area contributed by atoms with E-state index in [-0.39, 0.29) is 12.5 Å². The van der Waals surface area contributed by atoms with Crippen molar-refractivity contribution in [3.63, 3.8) is 0 Å². The van der Waals surface area contributed by atoms with Gasteiger partial charge in [-0.15, -0.1) is 0 Å². The highest BCUT2D eigenvalue weighted by molar-refractivity contribution is 5.90. The van der Waals surface area contributed by atoms with E-state index in [2.05, 4.69) is 0 Å². The molecule has 1 aliphatic heterocycles. The van der Waals surface area contributed by atoms with Gasteiger partial charge in [0.2, 0.25) is 5.91 Å². The van der Waals surface area contributed by atoms with E-state index in [1.54, 1.807) is 6.92 Å². The van der Waals surface area contributed by atoms with Crippen LogP contribution < -0.4 is 5.73 Å². The smallest absolute Gasteiger partial charge is 0.329 e. The fraction of sp³-hybridized carbons (Fsp3) is 0.800. The number of hydrogen-bond acceptors (Lipinski definition) is 4. The second kappa shape index (κ2) is 4.80. The predicted octanol–water partition coefficient (Wildman–Crippen LogP) is -0.574. The van der Waals surface area contributed by atoms with Gasteiger partial charge in [-0.2, -0.15) is 0 Å². The number of aliphatic carboxylic acids is 1. The number of carbonyl (C=O) groups excluding carboxylic acids is 1. The van der Waals surface area contributed by atoms with Crippen molar-refractivity contribution in [2.45, 2.75) is 31.3 Å². The molecule has 6 heteroatoms. The van der Waals surface area contributed by atoms with Gasteiger partial charge in [0.1, 0.15) is 11.6 Å². The van der Waals surface area contributed by atoms with Gasteiger partial charge in [0.05, 0.1) is 6.61 Å². The number of rotatable bonds is 4. The van der Waals surface area contributed by atoms with E-state index in [1.807, 2.05) is 0 Å². The summed E-state index contributed by atoms with van der Waals surface area (Å²) in [6.07, 6.45) is 1.15. The molecule has 0 bridgehead atoms. The fourth-order valence-electron chi connectivity index (χ4n) is 1.99. The monoisotopic (exact) mass is 230 g/mol. The third kappa shape index (κ3) is 2.17. The highest BCUT2D eigenvalue weighted by atomic mass is 16.5. The first-order valence-corrected chi connectivity index (χ1v) is 5.23. The molecule has 2 unspecified atom stereocenters. The van der Waals surface area contributed by atoms with Crippen molar-refractivity contribution in [3.05, 3.63) is 0 Å². The van der Waals surface area contributed by atoms with Gasteiger partial charge in [0.15, 0.2) is 0 Å². The van der Waals surface area contributed by atoms with Gasteiger partial charge < -0.3 is 20.5 Å². The fourth-order valence-corrected chi connectivity index (χ4v) is 1.99. The summed E-state index contributed by atoms with van der Waals surface area (Å²) in [5.74, 6) is -1.34. The van der Waals surface area contributed by atoms with Crippen molar-refractivity contribution in [2.24, 2.45) is 5.73 Å². The molecule has 0 aromatic rings. The molecule has 6 nitrogen and oxygen atoms in total. The number of nitrogens with two attached hydrogens (primary N) is 1. The molecule has 1 amide bonds. The van der Waals surface area contributed by atoms with E-state index < -0.39 is 17.6 Å². The van der Waals surface area contributed by atoms with Crippen LogP contribution in [0, 0.1) is 0 Å². The second-order valence-corrected chi connectivity index (χ2v) is 4.23. The maximum Gasteiger partial charge on any atom is 0.329 e. The summed E-state index contributed by atoms with van der Waals surface area (Å²) >= 11 is 0. The summed E-state index contributed by atoms with van der Waals surface area (Å²) < 4.78 is 4.79. The van der Waals surface area contributed by atoms with E-state index in [0.29, 0.717) is 19.4 Å². The molecule has 0 spiro atoms. The quantitative estimate of drug-likeness (QED) is 0.674. The SMILES string of the molecule is COCC(N)C(=O)N1CCCC1(C)C(=O)O. The van der Waals surface area contributed by atoms with E-state index in [9.17, 15) is 9.59 Å². The number of amides is 1. The van der Waals surface area contributed by atoms with Gasteiger partial charge in [-0.1, -0.05) is 0 Å². The van der Waals surface area contributed by atoms with Gasteiger partial charge in [-0.25, -0.2) is 4.79 Å². The van der Waals surface area contributed by atoms with Crippen LogP contribution in [-0.2, 0) is 14.3 Å². The molecule has 1 rings (SSSR count). The Morgan fingerprint density at radius 3 is 2.75 bits per heavy atom. The number of likely N-dealkylation sites (tertiary alicyclic amines) is 1. The van der Waals surface area contributed by atoms with E-state index >= 15 is 0 Å². The summed E-state index contributed by atoms with van der Waals surface area (Å²) in [6.45, 7) is 2.10. The molecule has 1 saturated heterocycles.